The number of benzene rings is 1. The number of aromatic nitrogens is 1. The molecular formula is C17H19FN2OS. The SMILES string of the molecule is CCCSc1ncccc1C(=O)NCCc1ccccc1F. The number of rotatable bonds is 7. The van der Waals surface area contributed by atoms with E-state index in [2.05, 4.69) is 17.2 Å². The van der Waals surface area contributed by atoms with Gasteiger partial charge in [0.15, 0.2) is 0 Å². The molecule has 22 heavy (non-hydrogen) atoms. The number of carbonyl (C=O) groups excluding carboxylic acids is 1. The maximum atomic E-state index is 13.5. The maximum Gasteiger partial charge on any atom is 0.254 e. The second kappa shape index (κ2) is 8.54. The van der Waals surface area contributed by atoms with Gasteiger partial charge in [-0.3, -0.25) is 4.79 Å². The van der Waals surface area contributed by atoms with Crippen molar-refractivity contribution in [1.29, 1.82) is 0 Å². The Balaban J connectivity index is 1.94. The molecule has 1 amide bonds. The van der Waals surface area contributed by atoms with E-state index in [1.807, 2.05) is 0 Å². The van der Waals surface area contributed by atoms with E-state index in [1.165, 1.54) is 6.07 Å². The predicted molar refractivity (Wildman–Crippen MR) is 87.7 cm³/mol. The first-order valence-corrected chi connectivity index (χ1v) is 8.30. The van der Waals surface area contributed by atoms with Gasteiger partial charge in [0.25, 0.3) is 5.91 Å². The van der Waals surface area contributed by atoms with Crippen LogP contribution in [0.1, 0.15) is 29.3 Å². The van der Waals surface area contributed by atoms with Gasteiger partial charge in [-0.05, 0) is 42.4 Å². The molecule has 0 aliphatic carbocycles. The van der Waals surface area contributed by atoms with Crippen LogP contribution in [-0.4, -0.2) is 23.2 Å². The molecule has 1 aromatic heterocycles. The number of hydrogen-bond donors (Lipinski definition) is 1. The monoisotopic (exact) mass is 318 g/mol. The zero-order chi connectivity index (χ0) is 15.8. The zero-order valence-corrected chi connectivity index (χ0v) is 13.3. The molecule has 5 heteroatoms. The highest BCUT2D eigenvalue weighted by Crippen LogP contribution is 2.20. The fourth-order valence-electron chi connectivity index (χ4n) is 1.98. The Kier molecular flexibility index (Phi) is 6.40. The lowest BCUT2D eigenvalue weighted by Gasteiger charge is -2.09. The van der Waals surface area contributed by atoms with Crippen LogP contribution in [0.15, 0.2) is 47.6 Å². The molecule has 0 spiro atoms. The first kappa shape index (κ1) is 16.5. The van der Waals surface area contributed by atoms with Gasteiger partial charge in [-0.15, -0.1) is 11.8 Å². The van der Waals surface area contributed by atoms with Gasteiger partial charge in [-0.2, -0.15) is 0 Å². The summed E-state index contributed by atoms with van der Waals surface area (Å²) in [4.78, 5) is 16.5. The summed E-state index contributed by atoms with van der Waals surface area (Å²) in [5.74, 6) is 0.521. The van der Waals surface area contributed by atoms with Gasteiger partial charge in [0.2, 0.25) is 0 Å². The molecule has 0 fully saturated rings. The van der Waals surface area contributed by atoms with Gasteiger partial charge in [-0.1, -0.05) is 25.1 Å². The first-order valence-electron chi connectivity index (χ1n) is 7.31. The van der Waals surface area contributed by atoms with E-state index in [0.717, 1.165) is 17.2 Å². The fraction of sp³-hybridized carbons (Fsp3) is 0.294. The summed E-state index contributed by atoms with van der Waals surface area (Å²) in [6.07, 6.45) is 3.18. The standard InChI is InChI=1S/C17H19FN2OS/c1-2-12-22-17-14(7-5-10-20-17)16(21)19-11-9-13-6-3-4-8-15(13)18/h3-8,10H,2,9,11-12H2,1H3,(H,19,21). The third-order valence-electron chi connectivity index (χ3n) is 3.10. The largest absolute Gasteiger partial charge is 0.352 e. The predicted octanol–water partition coefficient (Wildman–Crippen LogP) is 3.70. The van der Waals surface area contributed by atoms with Crippen LogP contribution in [0.5, 0.6) is 0 Å². The minimum atomic E-state index is -0.239. The van der Waals surface area contributed by atoms with Crippen molar-refractivity contribution >= 4 is 17.7 Å². The van der Waals surface area contributed by atoms with Gasteiger partial charge >= 0.3 is 0 Å². The van der Waals surface area contributed by atoms with Crippen molar-refractivity contribution in [3.63, 3.8) is 0 Å². The van der Waals surface area contributed by atoms with Crippen LogP contribution in [0.4, 0.5) is 4.39 Å². The van der Waals surface area contributed by atoms with Crippen LogP contribution in [0, 0.1) is 5.82 Å². The normalized spacial score (nSPS) is 10.5. The number of carbonyl (C=O) groups is 1. The van der Waals surface area contributed by atoms with Gasteiger partial charge in [-0.25, -0.2) is 9.37 Å². The number of halogens is 1. The lowest BCUT2D eigenvalue weighted by Crippen LogP contribution is -2.26. The van der Waals surface area contributed by atoms with Crippen molar-refractivity contribution in [2.45, 2.75) is 24.8 Å². The van der Waals surface area contributed by atoms with E-state index in [-0.39, 0.29) is 11.7 Å². The van der Waals surface area contributed by atoms with Crippen molar-refractivity contribution in [2.75, 3.05) is 12.3 Å². The average molecular weight is 318 g/mol. The number of amides is 1. The molecule has 1 aromatic carbocycles. The van der Waals surface area contributed by atoms with E-state index in [9.17, 15) is 9.18 Å². The van der Waals surface area contributed by atoms with Crippen molar-refractivity contribution in [3.05, 3.63) is 59.5 Å². The summed E-state index contributed by atoms with van der Waals surface area (Å²) in [7, 11) is 0. The highest BCUT2D eigenvalue weighted by molar-refractivity contribution is 7.99. The Morgan fingerprint density at radius 1 is 1.27 bits per heavy atom. The number of nitrogens with zero attached hydrogens (tertiary/aromatic N) is 1. The summed E-state index contributed by atoms with van der Waals surface area (Å²) in [5, 5.41) is 3.58. The van der Waals surface area contributed by atoms with Crippen LogP contribution in [0.2, 0.25) is 0 Å². The molecule has 0 bridgehead atoms. The summed E-state index contributed by atoms with van der Waals surface area (Å²) < 4.78 is 13.5. The molecule has 0 aliphatic heterocycles. The second-order valence-electron chi connectivity index (χ2n) is 4.80. The molecule has 2 aromatic rings. The van der Waals surface area contributed by atoms with Crippen LogP contribution in [0.25, 0.3) is 0 Å². The molecule has 0 saturated carbocycles. The number of pyridine rings is 1. The van der Waals surface area contributed by atoms with Gasteiger partial charge in [0, 0.05) is 12.7 Å². The third kappa shape index (κ3) is 4.56. The van der Waals surface area contributed by atoms with Crippen LogP contribution >= 0.6 is 11.8 Å². The van der Waals surface area contributed by atoms with Gasteiger partial charge in [0.05, 0.1) is 5.56 Å². The van der Waals surface area contributed by atoms with Gasteiger partial charge < -0.3 is 5.32 Å². The molecule has 1 heterocycles. The van der Waals surface area contributed by atoms with E-state index in [1.54, 1.807) is 48.3 Å². The number of hydrogen-bond acceptors (Lipinski definition) is 3. The topological polar surface area (TPSA) is 42.0 Å². The summed E-state index contributed by atoms with van der Waals surface area (Å²) in [6, 6.07) is 10.1. The average Bonchev–Trinajstić information content (AvgIpc) is 2.55. The number of thioether (sulfide) groups is 1. The van der Waals surface area contributed by atoms with Crippen LogP contribution in [-0.2, 0) is 6.42 Å². The minimum Gasteiger partial charge on any atom is -0.352 e. The number of nitrogens with one attached hydrogen (secondary N) is 1. The summed E-state index contributed by atoms with van der Waals surface area (Å²) in [5.41, 5.74) is 1.18. The maximum absolute atomic E-state index is 13.5. The van der Waals surface area contributed by atoms with E-state index >= 15 is 0 Å². The Morgan fingerprint density at radius 2 is 2.09 bits per heavy atom. The lowest BCUT2D eigenvalue weighted by atomic mass is 10.1. The molecule has 0 unspecified atom stereocenters. The Bertz CT molecular complexity index is 634. The van der Waals surface area contributed by atoms with Gasteiger partial charge in [0.1, 0.15) is 10.8 Å². The third-order valence-corrected chi connectivity index (χ3v) is 4.31. The second-order valence-corrected chi connectivity index (χ2v) is 5.89. The molecule has 0 saturated heterocycles. The molecule has 2 rings (SSSR count). The summed E-state index contributed by atoms with van der Waals surface area (Å²) >= 11 is 1.58. The molecule has 3 nitrogen and oxygen atoms in total. The van der Waals surface area contributed by atoms with E-state index in [0.29, 0.717) is 24.1 Å². The molecular weight excluding hydrogens is 299 g/mol. The van der Waals surface area contributed by atoms with Crippen LogP contribution < -0.4 is 5.32 Å². The molecule has 0 atom stereocenters. The molecule has 116 valence electrons. The smallest absolute Gasteiger partial charge is 0.254 e. The lowest BCUT2D eigenvalue weighted by molar-refractivity contribution is 0.0950. The van der Waals surface area contributed by atoms with E-state index < -0.39 is 0 Å². The Hall–Kier alpha value is -1.88. The minimum absolute atomic E-state index is 0.164. The van der Waals surface area contributed by atoms with Crippen molar-refractivity contribution in [1.82, 2.24) is 10.3 Å². The highest BCUT2D eigenvalue weighted by Gasteiger charge is 2.12. The van der Waals surface area contributed by atoms with Crippen molar-refractivity contribution in [3.8, 4) is 0 Å². The Labute approximate surface area is 134 Å². The quantitative estimate of drug-likeness (QED) is 0.792. The van der Waals surface area contributed by atoms with E-state index in [4.69, 9.17) is 0 Å². The molecule has 0 radical (unpaired) electrons. The molecule has 0 aliphatic rings. The van der Waals surface area contributed by atoms with Crippen LogP contribution in [0.3, 0.4) is 0 Å². The van der Waals surface area contributed by atoms with Crippen molar-refractivity contribution in [2.24, 2.45) is 0 Å². The molecule has 1 N–H and O–H groups in total. The highest BCUT2D eigenvalue weighted by atomic mass is 32.2. The first-order chi connectivity index (χ1) is 10.7. The fourth-order valence-corrected chi connectivity index (χ4v) is 2.83. The Morgan fingerprint density at radius 3 is 2.86 bits per heavy atom. The zero-order valence-electron chi connectivity index (χ0n) is 12.5. The van der Waals surface area contributed by atoms with Crippen molar-refractivity contribution < 1.29 is 9.18 Å². The summed E-state index contributed by atoms with van der Waals surface area (Å²) in [6.45, 7) is 2.48.